The van der Waals surface area contributed by atoms with E-state index in [2.05, 4.69) is 48.6 Å². The van der Waals surface area contributed by atoms with E-state index in [0.29, 0.717) is 12.0 Å². The van der Waals surface area contributed by atoms with Crippen LogP contribution in [0.5, 0.6) is 0 Å². The molecular weight excluding hydrogens is 220 g/mol. The molecule has 1 aliphatic rings. The van der Waals surface area contributed by atoms with Crippen molar-refractivity contribution in [1.29, 1.82) is 5.26 Å². The lowest BCUT2D eigenvalue weighted by atomic mass is 9.97. The monoisotopic (exact) mass is 242 g/mol. The zero-order valence-electron chi connectivity index (χ0n) is 11.1. The molecule has 3 unspecified atom stereocenters. The molecule has 18 heavy (non-hydrogen) atoms. The van der Waals surface area contributed by atoms with Gasteiger partial charge in [0.1, 0.15) is 0 Å². The predicted octanol–water partition coefficient (Wildman–Crippen LogP) is 3.46. The first-order chi connectivity index (χ1) is 8.81. The summed E-state index contributed by atoms with van der Waals surface area (Å²) in [6, 6.07) is 13.5. The Morgan fingerprint density at radius 2 is 2.11 bits per heavy atom. The number of rotatable bonds is 5. The lowest BCUT2D eigenvalue weighted by Crippen LogP contribution is -2.32. The van der Waals surface area contributed by atoms with Gasteiger partial charge < -0.3 is 5.32 Å². The van der Waals surface area contributed by atoms with E-state index < -0.39 is 0 Å². The summed E-state index contributed by atoms with van der Waals surface area (Å²) in [7, 11) is 0. The van der Waals surface area contributed by atoms with Crippen molar-refractivity contribution in [3.05, 3.63) is 35.9 Å². The zero-order chi connectivity index (χ0) is 12.8. The van der Waals surface area contributed by atoms with Gasteiger partial charge in [0.05, 0.1) is 12.0 Å². The van der Waals surface area contributed by atoms with Crippen LogP contribution in [0.25, 0.3) is 0 Å². The summed E-state index contributed by atoms with van der Waals surface area (Å²) >= 11 is 0. The van der Waals surface area contributed by atoms with Crippen LogP contribution in [0.2, 0.25) is 0 Å². The highest BCUT2D eigenvalue weighted by atomic mass is 14.9. The summed E-state index contributed by atoms with van der Waals surface area (Å²) in [4.78, 5) is 0. The molecule has 1 saturated carbocycles. The smallest absolute Gasteiger partial charge is 0.0672 e. The third-order valence-corrected chi connectivity index (χ3v) is 4.03. The van der Waals surface area contributed by atoms with Gasteiger partial charge in [0.2, 0.25) is 0 Å². The Morgan fingerprint density at radius 3 is 2.83 bits per heavy atom. The molecule has 0 radical (unpaired) electrons. The Bertz CT molecular complexity index is 393. The molecular formula is C16H22N2. The SMILES string of the molecule is CC(CCNC1CCCC1C#N)c1ccccc1. The van der Waals surface area contributed by atoms with E-state index in [-0.39, 0.29) is 5.92 Å². The van der Waals surface area contributed by atoms with Crippen molar-refractivity contribution in [2.45, 2.75) is 44.6 Å². The van der Waals surface area contributed by atoms with Gasteiger partial charge in [-0.25, -0.2) is 0 Å². The Hall–Kier alpha value is -1.33. The van der Waals surface area contributed by atoms with Crippen LogP contribution in [-0.2, 0) is 0 Å². The molecule has 3 atom stereocenters. The van der Waals surface area contributed by atoms with E-state index in [4.69, 9.17) is 5.26 Å². The second-order valence-corrected chi connectivity index (χ2v) is 5.33. The van der Waals surface area contributed by atoms with Crippen LogP contribution in [-0.4, -0.2) is 12.6 Å². The van der Waals surface area contributed by atoms with E-state index in [1.165, 1.54) is 12.0 Å². The summed E-state index contributed by atoms with van der Waals surface area (Å²) in [5.41, 5.74) is 1.41. The van der Waals surface area contributed by atoms with Gasteiger partial charge in [-0.3, -0.25) is 0 Å². The van der Waals surface area contributed by atoms with Gasteiger partial charge in [0.15, 0.2) is 0 Å². The van der Waals surface area contributed by atoms with Crippen LogP contribution in [0.3, 0.4) is 0 Å². The van der Waals surface area contributed by atoms with Gasteiger partial charge >= 0.3 is 0 Å². The standard InChI is InChI=1S/C16H22N2/c1-13(14-6-3-2-4-7-14)10-11-18-16-9-5-8-15(16)12-17/h2-4,6-7,13,15-16,18H,5,8-11H2,1H3. The molecule has 0 aromatic heterocycles. The molecule has 0 spiro atoms. The van der Waals surface area contributed by atoms with Gasteiger partial charge in [0, 0.05) is 6.04 Å². The normalized spacial score (nSPS) is 24.7. The molecule has 1 N–H and O–H groups in total. The number of hydrogen-bond acceptors (Lipinski definition) is 2. The third kappa shape index (κ3) is 3.34. The van der Waals surface area contributed by atoms with Crippen LogP contribution in [0, 0.1) is 17.2 Å². The molecule has 1 aliphatic carbocycles. The van der Waals surface area contributed by atoms with E-state index in [9.17, 15) is 0 Å². The number of nitrogens with one attached hydrogen (secondary N) is 1. The highest BCUT2D eigenvalue weighted by Crippen LogP contribution is 2.25. The van der Waals surface area contributed by atoms with Crippen LogP contribution in [0.15, 0.2) is 30.3 Å². The third-order valence-electron chi connectivity index (χ3n) is 4.03. The summed E-state index contributed by atoms with van der Waals surface area (Å²) < 4.78 is 0. The number of benzene rings is 1. The first kappa shape index (κ1) is 13.1. The topological polar surface area (TPSA) is 35.8 Å². The van der Waals surface area contributed by atoms with Crippen molar-refractivity contribution >= 4 is 0 Å². The minimum Gasteiger partial charge on any atom is -0.313 e. The average molecular weight is 242 g/mol. The number of nitriles is 1. The fraction of sp³-hybridized carbons (Fsp3) is 0.562. The molecule has 2 nitrogen and oxygen atoms in total. The largest absolute Gasteiger partial charge is 0.313 e. The maximum absolute atomic E-state index is 9.03. The fourth-order valence-electron chi connectivity index (χ4n) is 2.79. The molecule has 1 aromatic carbocycles. The Labute approximate surface area is 110 Å². The molecule has 2 heteroatoms. The molecule has 2 rings (SSSR count). The Kier molecular flexibility index (Phi) is 4.78. The van der Waals surface area contributed by atoms with E-state index in [1.807, 2.05) is 0 Å². The van der Waals surface area contributed by atoms with Crippen molar-refractivity contribution in [3.8, 4) is 6.07 Å². The maximum atomic E-state index is 9.03. The minimum atomic E-state index is 0.233. The Morgan fingerprint density at radius 1 is 1.33 bits per heavy atom. The molecule has 0 saturated heterocycles. The maximum Gasteiger partial charge on any atom is 0.0672 e. The molecule has 0 aliphatic heterocycles. The second-order valence-electron chi connectivity index (χ2n) is 5.33. The van der Waals surface area contributed by atoms with Crippen molar-refractivity contribution in [2.75, 3.05) is 6.54 Å². The lowest BCUT2D eigenvalue weighted by Gasteiger charge is -2.18. The summed E-state index contributed by atoms with van der Waals surface area (Å²) in [5.74, 6) is 0.817. The van der Waals surface area contributed by atoms with Gasteiger partial charge in [-0.05, 0) is 37.3 Å². The van der Waals surface area contributed by atoms with Crippen LogP contribution in [0.1, 0.15) is 44.1 Å². The summed E-state index contributed by atoms with van der Waals surface area (Å²) in [6.07, 6.45) is 4.57. The van der Waals surface area contributed by atoms with E-state index in [1.54, 1.807) is 0 Å². The quantitative estimate of drug-likeness (QED) is 0.858. The highest BCUT2D eigenvalue weighted by Gasteiger charge is 2.26. The minimum absolute atomic E-state index is 0.233. The fourth-order valence-corrected chi connectivity index (χ4v) is 2.79. The highest BCUT2D eigenvalue weighted by molar-refractivity contribution is 5.18. The van der Waals surface area contributed by atoms with Gasteiger partial charge in [0.25, 0.3) is 0 Å². The first-order valence-corrected chi connectivity index (χ1v) is 6.99. The predicted molar refractivity (Wildman–Crippen MR) is 74.2 cm³/mol. The summed E-state index contributed by atoms with van der Waals surface area (Å²) in [6.45, 7) is 3.28. The molecule has 1 aromatic rings. The van der Waals surface area contributed by atoms with Crippen molar-refractivity contribution in [2.24, 2.45) is 5.92 Å². The van der Waals surface area contributed by atoms with Crippen LogP contribution in [0.4, 0.5) is 0 Å². The molecule has 0 bridgehead atoms. The second kappa shape index (κ2) is 6.56. The Balaban J connectivity index is 1.74. The van der Waals surface area contributed by atoms with Crippen molar-refractivity contribution in [3.63, 3.8) is 0 Å². The molecule has 1 fully saturated rings. The van der Waals surface area contributed by atoms with Crippen molar-refractivity contribution < 1.29 is 0 Å². The number of nitrogens with zero attached hydrogens (tertiary/aromatic N) is 1. The van der Waals surface area contributed by atoms with Crippen LogP contribution >= 0.6 is 0 Å². The van der Waals surface area contributed by atoms with Gasteiger partial charge in [-0.15, -0.1) is 0 Å². The number of hydrogen-bond donors (Lipinski definition) is 1. The van der Waals surface area contributed by atoms with Gasteiger partial charge in [-0.1, -0.05) is 43.7 Å². The average Bonchev–Trinajstić information content (AvgIpc) is 2.87. The summed E-state index contributed by atoms with van der Waals surface area (Å²) in [5, 5.41) is 12.6. The van der Waals surface area contributed by atoms with E-state index in [0.717, 1.165) is 25.8 Å². The zero-order valence-corrected chi connectivity index (χ0v) is 11.1. The van der Waals surface area contributed by atoms with Crippen LogP contribution < -0.4 is 5.32 Å². The molecule has 96 valence electrons. The molecule has 0 heterocycles. The lowest BCUT2D eigenvalue weighted by molar-refractivity contribution is 0.450. The van der Waals surface area contributed by atoms with Crippen molar-refractivity contribution in [1.82, 2.24) is 5.32 Å². The van der Waals surface area contributed by atoms with E-state index >= 15 is 0 Å². The molecule has 0 amide bonds. The first-order valence-electron chi connectivity index (χ1n) is 6.99. The van der Waals surface area contributed by atoms with Gasteiger partial charge in [-0.2, -0.15) is 5.26 Å².